The molecule has 2 aliphatic rings. The minimum Gasteiger partial charge on any atom is -0.382 e. The maximum absolute atomic E-state index is 14.0. The van der Waals surface area contributed by atoms with E-state index in [1.54, 1.807) is 18.2 Å². The van der Waals surface area contributed by atoms with Gasteiger partial charge in [0.2, 0.25) is 12.0 Å². The Bertz CT molecular complexity index is 928. The minimum atomic E-state index is -0.873. The lowest BCUT2D eigenvalue weighted by atomic mass is 10.0. The van der Waals surface area contributed by atoms with Gasteiger partial charge in [0.25, 0.3) is 5.91 Å². The number of hydrogen-bond acceptors (Lipinski definition) is 4. The summed E-state index contributed by atoms with van der Waals surface area (Å²) in [5, 5.41) is 6.83. The van der Waals surface area contributed by atoms with Crippen molar-refractivity contribution in [2.24, 2.45) is 5.16 Å². The Balaban J connectivity index is 1.45. The average Bonchev–Trinajstić information content (AvgIpc) is 3.40. The van der Waals surface area contributed by atoms with E-state index in [-0.39, 0.29) is 37.4 Å². The largest absolute Gasteiger partial charge is 0.382 e. The van der Waals surface area contributed by atoms with E-state index in [9.17, 15) is 14.0 Å². The van der Waals surface area contributed by atoms with E-state index in [0.29, 0.717) is 11.3 Å². The molecular weight excluding hydrogens is 373 g/mol. The van der Waals surface area contributed by atoms with Crippen LogP contribution in [0.25, 0.3) is 0 Å². The highest BCUT2D eigenvalue weighted by atomic mass is 19.1. The number of rotatable bonds is 7. The maximum Gasteiger partial charge on any atom is 0.267 e. The Hall–Kier alpha value is -3.22. The fraction of sp³-hybridized carbons (Fsp3) is 0.318. The van der Waals surface area contributed by atoms with E-state index in [1.165, 1.54) is 11.0 Å². The van der Waals surface area contributed by atoms with Crippen molar-refractivity contribution in [1.82, 2.24) is 10.2 Å². The number of carbonyl (C=O) groups is 2. The number of nitrogens with zero attached hydrogens (tertiary/aromatic N) is 2. The highest BCUT2D eigenvalue weighted by molar-refractivity contribution is 6.04. The van der Waals surface area contributed by atoms with Crippen molar-refractivity contribution in [2.75, 3.05) is 6.54 Å². The van der Waals surface area contributed by atoms with Gasteiger partial charge in [0.05, 0.1) is 5.71 Å². The predicted octanol–water partition coefficient (Wildman–Crippen LogP) is 2.63. The van der Waals surface area contributed by atoms with Gasteiger partial charge in [0.1, 0.15) is 12.4 Å². The quantitative estimate of drug-likeness (QED) is 0.784. The van der Waals surface area contributed by atoms with Gasteiger partial charge in [0, 0.05) is 24.6 Å². The average molecular weight is 395 g/mol. The molecule has 4 rings (SSSR count). The molecule has 1 fully saturated rings. The van der Waals surface area contributed by atoms with Gasteiger partial charge in [-0.1, -0.05) is 53.7 Å². The number of nitrogens with one attached hydrogen (secondary N) is 1. The number of hydrogen-bond donors (Lipinski definition) is 1. The normalized spacial score (nSPS) is 18.0. The van der Waals surface area contributed by atoms with Gasteiger partial charge in [-0.05, 0) is 24.5 Å². The summed E-state index contributed by atoms with van der Waals surface area (Å²) in [7, 11) is 0. The van der Waals surface area contributed by atoms with Crippen LogP contribution in [0.5, 0.6) is 0 Å². The molecule has 2 amide bonds. The molecule has 1 aliphatic heterocycles. The fourth-order valence-electron chi connectivity index (χ4n) is 3.26. The van der Waals surface area contributed by atoms with E-state index < -0.39 is 11.9 Å². The van der Waals surface area contributed by atoms with Crippen molar-refractivity contribution in [3.8, 4) is 0 Å². The molecule has 1 atom stereocenters. The van der Waals surface area contributed by atoms with E-state index in [1.807, 2.05) is 30.3 Å². The number of carbonyl (C=O) groups excluding carboxylic acids is 2. The van der Waals surface area contributed by atoms with Gasteiger partial charge in [-0.15, -0.1) is 0 Å². The molecule has 0 spiro atoms. The lowest BCUT2D eigenvalue weighted by molar-refractivity contribution is -0.145. The van der Waals surface area contributed by atoms with Crippen LogP contribution in [-0.2, 0) is 21.0 Å². The first-order chi connectivity index (χ1) is 14.1. The topological polar surface area (TPSA) is 71.0 Å². The molecule has 2 aromatic rings. The standard InChI is InChI=1S/C22H22FN3O3/c23-18-9-5-4-8-17(18)19-12-20(29-25-19)22(28)26(13-15-6-2-1-3-7-15)14-21(27)24-16-10-11-16/h1-9,16,20H,10-14H2,(H,24,27). The van der Waals surface area contributed by atoms with Crippen molar-refractivity contribution in [1.29, 1.82) is 0 Å². The van der Waals surface area contributed by atoms with Crippen molar-refractivity contribution < 1.29 is 18.8 Å². The van der Waals surface area contributed by atoms with E-state index in [4.69, 9.17) is 4.84 Å². The molecule has 1 heterocycles. The summed E-state index contributed by atoms with van der Waals surface area (Å²) in [6.07, 6.45) is 1.24. The Morgan fingerprint density at radius 1 is 1.10 bits per heavy atom. The second-order valence-electron chi connectivity index (χ2n) is 7.34. The summed E-state index contributed by atoms with van der Waals surface area (Å²) < 4.78 is 14.0. The van der Waals surface area contributed by atoms with Crippen LogP contribution >= 0.6 is 0 Å². The fourth-order valence-corrected chi connectivity index (χ4v) is 3.26. The summed E-state index contributed by atoms with van der Waals surface area (Å²) in [5.74, 6) is -0.937. The molecule has 1 saturated carbocycles. The van der Waals surface area contributed by atoms with Gasteiger partial charge < -0.3 is 15.1 Å². The lowest BCUT2D eigenvalue weighted by Gasteiger charge is -2.24. The number of amides is 2. The van der Waals surface area contributed by atoms with Crippen molar-refractivity contribution in [3.63, 3.8) is 0 Å². The summed E-state index contributed by atoms with van der Waals surface area (Å²) in [4.78, 5) is 32.2. The van der Waals surface area contributed by atoms with Crippen LogP contribution in [0.4, 0.5) is 4.39 Å². The molecule has 0 saturated heterocycles. The Labute approximate surface area is 168 Å². The van der Waals surface area contributed by atoms with Crippen LogP contribution in [-0.4, -0.2) is 41.1 Å². The number of halogens is 1. The van der Waals surface area contributed by atoms with Crippen LogP contribution in [0.15, 0.2) is 59.8 Å². The highest BCUT2D eigenvalue weighted by Crippen LogP contribution is 2.22. The molecule has 0 radical (unpaired) electrons. The first-order valence-electron chi connectivity index (χ1n) is 9.70. The maximum atomic E-state index is 14.0. The van der Waals surface area contributed by atoms with Gasteiger partial charge in [0.15, 0.2) is 0 Å². The predicted molar refractivity (Wildman–Crippen MR) is 105 cm³/mol. The second-order valence-corrected chi connectivity index (χ2v) is 7.34. The molecule has 1 N–H and O–H groups in total. The molecule has 29 heavy (non-hydrogen) atoms. The molecule has 6 nitrogen and oxygen atoms in total. The van der Waals surface area contributed by atoms with E-state index >= 15 is 0 Å². The molecule has 2 aromatic carbocycles. The third-order valence-electron chi connectivity index (χ3n) is 4.93. The third kappa shape index (κ3) is 4.80. The second kappa shape index (κ2) is 8.43. The van der Waals surface area contributed by atoms with E-state index in [0.717, 1.165) is 18.4 Å². The van der Waals surface area contributed by atoms with Crippen LogP contribution in [0.2, 0.25) is 0 Å². The smallest absolute Gasteiger partial charge is 0.267 e. The number of oxime groups is 1. The molecule has 0 aromatic heterocycles. The molecule has 150 valence electrons. The molecule has 7 heteroatoms. The van der Waals surface area contributed by atoms with Gasteiger partial charge in [-0.2, -0.15) is 0 Å². The first-order valence-corrected chi connectivity index (χ1v) is 9.70. The summed E-state index contributed by atoms with van der Waals surface area (Å²) in [5.41, 5.74) is 1.63. The third-order valence-corrected chi connectivity index (χ3v) is 4.93. The summed E-state index contributed by atoms with van der Waals surface area (Å²) >= 11 is 0. The van der Waals surface area contributed by atoms with Crippen LogP contribution in [0, 0.1) is 5.82 Å². The van der Waals surface area contributed by atoms with E-state index in [2.05, 4.69) is 10.5 Å². The van der Waals surface area contributed by atoms with Crippen LogP contribution in [0.3, 0.4) is 0 Å². The van der Waals surface area contributed by atoms with Gasteiger partial charge in [-0.25, -0.2) is 4.39 Å². The Morgan fingerprint density at radius 3 is 2.55 bits per heavy atom. The highest BCUT2D eigenvalue weighted by Gasteiger charge is 2.34. The first kappa shape index (κ1) is 19.1. The molecule has 1 aliphatic carbocycles. The SMILES string of the molecule is O=C(CN(Cc1ccccc1)C(=O)C1CC(c2ccccc2F)=NO1)NC1CC1. The zero-order valence-electron chi connectivity index (χ0n) is 15.9. The zero-order valence-corrected chi connectivity index (χ0v) is 15.9. The molecule has 0 bridgehead atoms. The number of benzene rings is 2. The Morgan fingerprint density at radius 2 is 1.83 bits per heavy atom. The molecule has 1 unspecified atom stereocenters. The van der Waals surface area contributed by atoms with Gasteiger partial charge >= 0.3 is 0 Å². The monoisotopic (exact) mass is 395 g/mol. The zero-order chi connectivity index (χ0) is 20.2. The van der Waals surface area contributed by atoms with Crippen LogP contribution < -0.4 is 5.32 Å². The Kier molecular flexibility index (Phi) is 5.55. The van der Waals surface area contributed by atoms with Crippen LogP contribution in [0.1, 0.15) is 30.4 Å². The van der Waals surface area contributed by atoms with Crippen molar-refractivity contribution in [3.05, 3.63) is 71.5 Å². The molecular formula is C22H22FN3O3. The van der Waals surface area contributed by atoms with Gasteiger partial charge in [-0.3, -0.25) is 9.59 Å². The summed E-state index contributed by atoms with van der Waals surface area (Å²) in [6, 6.07) is 15.9. The van der Waals surface area contributed by atoms with Crippen molar-refractivity contribution in [2.45, 2.75) is 38.0 Å². The van der Waals surface area contributed by atoms with Crippen molar-refractivity contribution >= 4 is 17.5 Å². The lowest BCUT2D eigenvalue weighted by Crippen LogP contribution is -2.45. The summed E-state index contributed by atoms with van der Waals surface area (Å²) in [6.45, 7) is 0.228. The minimum absolute atomic E-state index is 0.0564.